The van der Waals surface area contributed by atoms with Crippen molar-refractivity contribution in [2.24, 2.45) is 0 Å². The van der Waals surface area contributed by atoms with Crippen molar-refractivity contribution in [2.45, 2.75) is 19.4 Å². The van der Waals surface area contributed by atoms with E-state index in [-0.39, 0.29) is 22.8 Å². The first kappa shape index (κ1) is 14.3. The number of halogens is 2. The highest BCUT2D eigenvalue weighted by Crippen LogP contribution is 2.43. The fourth-order valence-electron chi connectivity index (χ4n) is 2.33. The molecule has 0 aliphatic heterocycles. The lowest BCUT2D eigenvalue weighted by Crippen LogP contribution is -2.28. The average Bonchev–Trinajstić information content (AvgIpc) is 2.82. The van der Waals surface area contributed by atoms with Crippen molar-refractivity contribution in [2.75, 3.05) is 0 Å². The Hall–Kier alpha value is -1.62. The molecule has 0 spiro atoms. The fourth-order valence-corrected chi connectivity index (χ4v) is 2.91. The van der Waals surface area contributed by atoms with Gasteiger partial charge in [0.05, 0.1) is 15.6 Å². The summed E-state index contributed by atoms with van der Waals surface area (Å²) in [5.74, 6) is -0.181. The maximum Gasteiger partial charge on any atom is 0.191 e. The van der Waals surface area contributed by atoms with Crippen LogP contribution in [0.1, 0.15) is 30.0 Å². The predicted molar refractivity (Wildman–Crippen MR) is 79.6 cm³/mol. The van der Waals surface area contributed by atoms with Crippen molar-refractivity contribution < 1.29 is 14.4 Å². The van der Waals surface area contributed by atoms with Crippen molar-refractivity contribution in [3.05, 3.63) is 51.2 Å². The summed E-state index contributed by atoms with van der Waals surface area (Å²) in [7, 11) is 0. The molecule has 0 amide bonds. The Balaban J connectivity index is 2.31. The van der Waals surface area contributed by atoms with Gasteiger partial charge in [-0.3, -0.25) is 4.79 Å². The van der Waals surface area contributed by atoms with Crippen LogP contribution in [-0.4, -0.2) is 16.0 Å². The molecular formula is C15H11Cl2NO3. The molecule has 1 aromatic heterocycles. The van der Waals surface area contributed by atoms with Crippen LogP contribution < -0.4 is 0 Å². The number of aromatic nitrogens is 1. The Bertz CT molecular complexity index is 770. The average molecular weight is 324 g/mol. The van der Waals surface area contributed by atoms with Gasteiger partial charge in [0.1, 0.15) is 11.3 Å². The van der Waals surface area contributed by atoms with E-state index < -0.39 is 5.60 Å². The van der Waals surface area contributed by atoms with Crippen molar-refractivity contribution >= 4 is 29.0 Å². The van der Waals surface area contributed by atoms with E-state index in [1.807, 2.05) is 0 Å². The van der Waals surface area contributed by atoms with Gasteiger partial charge in [-0.15, -0.1) is 0 Å². The number of hydrogen-bond acceptors (Lipinski definition) is 4. The summed E-state index contributed by atoms with van der Waals surface area (Å²) in [6.45, 7) is 3.21. The summed E-state index contributed by atoms with van der Waals surface area (Å²) in [6, 6.07) is 5.00. The molecule has 1 N–H and O–H groups in total. The summed E-state index contributed by atoms with van der Waals surface area (Å²) in [6.07, 6.45) is 1.37. The number of carbonyl (C=O) groups excluding carboxylic acids is 1. The van der Waals surface area contributed by atoms with Crippen LogP contribution in [0.25, 0.3) is 11.3 Å². The highest BCUT2D eigenvalue weighted by molar-refractivity contribution is 6.39. The zero-order valence-corrected chi connectivity index (χ0v) is 12.8. The summed E-state index contributed by atoms with van der Waals surface area (Å²) in [5.41, 5.74) is -0.0338. The third-order valence-corrected chi connectivity index (χ3v) is 4.33. The third kappa shape index (κ3) is 2.02. The quantitative estimate of drug-likeness (QED) is 0.861. The highest BCUT2D eigenvalue weighted by Gasteiger charge is 2.41. The number of hydrogen-bond donors (Lipinski definition) is 1. The molecule has 1 aromatic carbocycles. The van der Waals surface area contributed by atoms with Gasteiger partial charge in [0.15, 0.2) is 11.5 Å². The standard InChI is InChI=1S/C15H11Cl2NO3/c1-7-6-10(19)12-13(18-21-14(12)15(7,2)20)11-8(16)4-3-5-9(11)17/h3-6,20H,1-2H3. The summed E-state index contributed by atoms with van der Waals surface area (Å²) in [4.78, 5) is 12.3. The smallest absolute Gasteiger partial charge is 0.191 e. The highest BCUT2D eigenvalue weighted by atomic mass is 35.5. The van der Waals surface area contributed by atoms with Crippen LogP contribution in [0.2, 0.25) is 10.0 Å². The van der Waals surface area contributed by atoms with Crippen molar-refractivity contribution in [3.8, 4) is 11.3 Å². The van der Waals surface area contributed by atoms with Crippen LogP contribution in [-0.2, 0) is 5.60 Å². The van der Waals surface area contributed by atoms with E-state index >= 15 is 0 Å². The predicted octanol–water partition coefficient (Wildman–Crippen LogP) is 4.00. The number of rotatable bonds is 1. The van der Waals surface area contributed by atoms with Gasteiger partial charge in [-0.1, -0.05) is 34.4 Å². The number of benzene rings is 1. The first-order valence-electron chi connectivity index (χ1n) is 6.24. The summed E-state index contributed by atoms with van der Waals surface area (Å²) < 4.78 is 5.23. The first-order chi connectivity index (χ1) is 9.84. The Morgan fingerprint density at radius 3 is 2.48 bits per heavy atom. The van der Waals surface area contributed by atoms with Crippen molar-refractivity contribution in [1.29, 1.82) is 0 Å². The molecule has 0 saturated heterocycles. The molecule has 0 saturated carbocycles. The van der Waals surface area contributed by atoms with E-state index in [2.05, 4.69) is 5.16 Å². The van der Waals surface area contributed by atoms with Gasteiger partial charge in [0, 0.05) is 5.56 Å². The number of nitrogens with zero attached hydrogens (tertiary/aromatic N) is 1. The van der Waals surface area contributed by atoms with Gasteiger partial charge < -0.3 is 9.63 Å². The van der Waals surface area contributed by atoms with Crippen LogP contribution >= 0.6 is 23.2 Å². The van der Waals surface area contributed by atoms with Crippen LogP contribution in [0.3, 0.4) is 0 Å². The number of aliphatic hydroxyl groups is 1. The van der Waals surface area contributed by atoms with E-state index in [0.29, 0.717) is 21.2 Å². The summed E-state index contributed by atoms with van der Waals surface area (Å²) >= 11 is 12.3. The molecule has 4 nitrogen and oxygen atoms in total. The van der Waals surface area contributed by atoms with E-state index in [1.54, 1.807) is 32.0 Å². The molecule has 1 unspecified atom stereocenters. The molecule has 0 bridgehead atoms. The zero-order valence-electron chi connectivity index (χ0n) is 11.3. The minimum atomic E-state index is -1.39. The fraction of sp³-hybridized carbons (Fsp3) is 0.200. The van der Waals surface area contributed by atoms with E-state index in [0.717, 1.165) is 0 Å². The second-order valence-electron chi connectivity index (χ2n) is 5.10. The molecule has 108 valence electrons. The van der Waals surface area contributed by atoms with Gasteiger partial charge in [0.25, 0.3) is 0 Å². The molecular weight excluding hydrogens is 313 g/mol. The lowest BCUT2D eigenvalue weighted by Gasteiger charge is -2.25. The van der Waals surface area contributed by atoms with Gasteiger partial charge in [-0.2, -0.15) is 0 Å². The van der Waals surface area contributed by atoms with Crippen LogP contribution in [0.4, 0.5) is 0 Å². The molecule has 0 radical (unpaired) electrons. The molecule has 0 fully saturated rings. The zero-order chi connectivity index (χ0) is 15.4. The molecule has 21 heavy (non-hydrogen) atoms. The molecule has 1 heterocycles. The topological polar surface area (TPSA) is 63.3 Å². The first-order valence-corrected chi connectivity index (χ1v) is 6.99. The van der Waals surface area contributed by atoms with Gasteiger partial charge in [0.2, 0.25) is 0 Å². The maximum absolute atomic E-state index is 12.3. The van der Waals surface area contributed by atoms with Gasteiger partial charge >= 0.3 is 0 Å². The van der Waals surface area contributed by atoms with E-state index in [9.17, 15) is 9.90 Å². The second-order valence-corrected chi connectivity index (χ2v) is 5.91. The SMILES string of the molecule is CC1=CC(=O)c2c(-c3c(Cl)cccc3Cl)noc2C1(C)O. The van der Waals surface area contributed by atoms with Crippen molar-refractivity contribution in [1.82, 2.24) is 5.16 Å². The monoisotopic (exact) mass is 323 g/mol. The number of allylic oxidation sites excluding steroid dienone is 1. The lowest BCUT2D eigenvalue weighted by molar-refractivity contribution is 0.0595. The van der Waals surface area contributed by atoms with Crippen LogP contribution in [0.5, 0.6) is 0 Å². The van der Waals surface area contributed by atoms with E-state index in [1.165, 1.54) is 6.08 Å². The summed E-state index contributed by atoms with van der Waals surface area (Å²) in [5, 5.41) is 15.1. The Morgan fingerprint density at radius 1 is 1.24 bits per heavy atom. The molecule has 1 aliphatic carbocycles. The molecule has 6 heteroatoms. The lowest BCUT2D eigenvalue weighted by atomic mass is 9.83. The Kier molecular flexibility index (Phi) is 3.20. The minimum absolute atomic E-state index is 0.110. The largest absolute Gasteiger partial charge is 0.378 e. The second kappa shape index (κ2) is 4.70. The normalized spacial score (nSPS) is 21.2. The molecule has 1 atom stereocenters. The van der Waals surface area contributed by atoms with Crippen LogP contribution in [0, 0.1) is 0 Å². The number of carbonyl (C=O) groups is 1. The van der Waals surface area contributed by atoms with E-state index in [4.69, 9.17) is 27.7 Å². The Labute approximate surface area is 131 Å². The minimum Gasteiger partial charge on any atom is -0.378 e. The number of fused-ring (bicyclic) bond motifs is 1. The van der Waals surface area contributed by atoms with Gasteiger partial charge in [-0.05, 0) is 37.6 Å². The van der Waals surface area contributed by atoms with Crippen LogP contribution in [0.15, 0.2) is 34.4 Å². The Morgan fingerprint density at radius 2 is 1.86 bits per heavy atom. The molecule has 1 aliphatic rings. The molecule has 3 rings (SSSR count). The van der Waals surface area contributed by atoms with Gasteiger partial charge in [-0.25, -0.2) is 0 Å². The third-order valence-electron chi connectivity index (χ3n) is 3.70. The number of ketones is 1. The molecule has 2 aromatic rings. The maximum atomic E-state index is 12.3. The van der Waals surface area contributed by atoms with Crippen molar-refractivity contribution in [3.63, 3.8) is 0 Å².